The second-order valence-corrected chi connectivity index (χ2v) is 3.50. The van der Waals surface area contributed by atoms with E-state index in [0.717, 1.165) is 0 Å². The summed E-state index contributed by atoms with van der Waals surface area (Å²) in [6.45, 7) is 0. The van der Waals surface area contributed by atoms with Crippen LogP contribution in [-0.2, 0) is 0 Å². The first kappa shape index (κ1) is 17.7. The van der Waals surface area contributed by atoms with E-state index in [1.54, 1.807) is 24.3 Å². The number of nitro benzene ring substituents is 1. The van der Waals surface area contributed by atoms with Crippen LogP contribution in [0.3, 0.4) is 0 Å². The second kappa shape index (κ2) is 8.76. The minimum Gasteiger partial charge on any atom is -0.289 e. The first-order valence-electron chi connectivity index (χ1n) is 5.36. The van der Waals surface area contributed by atoms with Crippen molar-refractivity contribution in [2.24, 2.45) is 11.7 Å². The smallest absolute Gasteiger partial charge is 0.269 e. The number of hydrogen-bond donors (Lipinski definition) is 2. The Morgan fingerprint density at radius 2 is 1.35 bits per heavy atom. The summed E-state index contributed by atoms with van der Waals surface area (Å²) in [6, 6.07) is 14.4. The third kappa shape index (κ3) is 4.43. The molecule has 4 N–H and O–H groups in total. The lowest BCUT2D eigenvalue weighted by atomic mass is 10.0. The summed E-state index contributed by atoms with van der Waals surface area (Å²) in [4.78, 5) is 21.9. The molecule has 0 aliphatic heterocycles. The molecule has 0 atom stereocenters. The number of carbonyl (C=O) groups excluding carboxylic acids is 1. The van der Waals surface area contributed by atoms with Crippen molar-refractivity contribution < 1.29 is 9.72 Å². The molecule has 0 amide bonds. The number of hydrazine groups is 1. The number of ketones is 1. The van der Waals surface area contributed by atoms with E-state index in [4.69, 9.17) is 0 Å². The number of halogens is 1. The molecule has 20 heavy (non-hydrogen) atoms. The molecule has 0 aliphatic carbocycles. The van der Waals surface area contributed by atoms with Crippen LogP contribution in [0.15, 0.2) is 54.6 Å². The molecular weight excluding hydrogens is 282 g/mol. The number of nitro groups is 1. The standard InChI is InChI=1S/C13H9NO3.ClH.H4N2/c15-13(10-4-2-1-3-5-10)11-6-8-12(9-7-11)14(16)17;;1-2/h1-9H;1H;1-2H2. The number of carbonyl (C=O) groups is 1. The summed E-state index contributed by atoms with van der Waals surface area (Å²) in [5.41, 5.74) is 0.998. The normalized spacial score (nSPS) is 8.70. The van der Waals surface area contributed by atoms with Crippen LogP contribution in [0.1, 0.15) is 15.9 Å². The lowest BCUT2D eigenvalue weighted by molar-refractivity contribution is -0.384. The van der Waals surface area contributed by atoms with E-state index in [1.165, 1.54) is 24.3 Å². The highest BCUT2D eigenvalue weighted by atomic mass is 35.5. The highest BCUT2D eigenvalue weighted by Gasteiger charge is 2.10. The monoisotopic (exact) mass is 295 g/mol. The van der Waals surface area contributed by atoms with Crippen LogP contribution in [0.25, 0.3) is 0 Å². The molecule has 0 bridgehead atoms. The number of rotatable bonds is 3. The molecule has 0 heterocycles. The summed E-state index contributed by atoms with van der Waals surface area (Å²) in [6.07, 6.45) is 0. The molecule has 0 aliphatic rings. The second-order valence-electron chi connectivity index (χ2n) is 3.50. The van der Waals surface area contributed by atoms with E-state index >= 15 is 0 Å². The highest BCUT2D eigenvalue weighted by molar-refractivity contribution is 6.09. The van der Waals surface area contributed by atoms with E-state index in [1.807, 2.05) is 6.07 Å². The van der Waals surface area contributed by atoms with Crippen molar-refractivity contribution in [2.45, 2.75) is 0 Å². The van der Waals surface area contributed by atoms with Gasteiger partial charge in [0.25, 0.3) is 5.69 Å². The first-order valence-corrected chi connectivity index (χ1v) is 5.36. The minimum absolute atomic E-state index is 0. The number of nitrogens with zero attached hydrogens (tertiary/aromatic N) is 1. The van der Waals surface area contributed by atoms with Crippen molar-refractivity contribution in [1.29, 1.82) is 0 Å². The van der Waals surface area contributed by atoms with Crippen molar-refractivity contribution in [3.8, 4) is 0 Å². The average Bonchev–Trinajstić information content (AvgIpc) is 2.49. The van der Waals surface area contributed by atoms with Gasteiger partial charge in [-0.2, -0.15) is 0 Å². The third-order valence-electron chi connectivity index (χ3n) is 2.38. The average molecular weight is 296 g/mol. The van der Waals surface area contributed by atoms with Crippen LogP contribution < -0.4 is 11.7 Å². The predicted molar refractivity (Wildman–Crippen MR) is 78.6 cm³/mol. The highest BCUT2D eigenvalue weighted by Crippen LogP contribution is 2.15. The molecule has 0 radical (unpaired) electrons. The van der Waals surface area contributed by atoms with E-state index in [-0.39, 0.29) is 23.9 Å². The zero-order chi connectivity index (χ0) is 14.3. The lowest BCUT2D eigenvalue weighted by Gasteiger charge is -2.00. The first-order chi connectivity index (χ1) is 9.18. The van der Waals surface area contributed by atoms with Crippen LogP contribution in [0.4, 0.5) is 5.69 Å². The molecular formula is C13H14ClN3O3. The Balaban J connectivity index is 0.00000115. The number of benzene rings is 2. The van der Waals surface area contributed by atoms with Crippen molar-refractivity contribution in [1.82, 2.24) is 0 Å². The molecule has 2 rings (SSSR count). The summed E-state index contributed by atoms with van der Waals surface area (Å²) in [5.74, 6) is 7.86. The van der Waals surface area contributed by atoms with E-state index in [2.05, 4.69) is 11.7 Å². The maximum Gasteiger partial charge on any atom is 0.269 e. The molecule has 0 saturated carbocycles. The van der Waals surface area contributed by atoms with E-state index in [9.17, 15) is 14.9 Å². The molecule has 0 aromatic heterocycles. The molecule has 0 saturated heterocycles. The topological polar surface area (TPSA) is 112 Å². The predicted octanol–water partition coefficient (Wildman–Crippen LogP) is 2.07. The minimum atomic E-state index is -0.489. The molecule has 0 unspecified atom stereocenters. The van der Waals surface area contributed by atoms with Gasteiger partial charge in [-0.3, -0.25) is 26.6 Å². The number of non-ortho nitro benzene ring substituents is 1. The zero-order valence-electron chi connectivity index (χ0n) is 10.4. The quantitative estimate of drug-likeness (QED) is 0.389. The molecule has 2 aromatic carbocycles. The fourth-order valence-corrected chi connectivity index (χ4v) is 1.49. The fourth-order valence-electron chi connectivity index (χ4n) is 1.49. The summed E-state index contributed by atoms with van der Waals surface area (Å²) in [7, 11) is 0. The molecule has 2 aromatic rings. The van der Waals surface area contributed by atoms with Crippen LogP contribution in [0.5, 0.6) is 0 Å². The Labute approximate surface area is 121 Å². The van der Waals surface area contributed by atoms with Gasteiger partial charge >= 0.3 is 0 Å². The maximum absolute atomic E-state index is 12.0. The van der Waals surface area contributed by atoms with Crippen molar-refractivity contribution in [3.63, 3.8) is 0 Å². The molecule has 0 fully saturated rings. The summed E-state index contributed by atoms with van der Waals surface area (Å²) >= 11 is 0. The molecule has 6 nitrogen and oxygen atoms in total. The van der Waals surface area contributed by atoms with Gasteiger partial charge in [-0.15, -0.1) is 12.4 Å². The van der Waals surface area contributed by atoms with Gasteiger partial charge < -0.3 is 0 Å². The maximum atomic E-state index is 12.0. The molecule has 106 valence electrons. The van der Waals surface area contributed by atoms with Gasteiger partial charge in [-0.1, -0.05) is 30.3 Å². The van der Waals surface area contributed by atoms with E-state index in [0.29, 0.717) is 11.1 Å². The summed E-state index contributed by atoms with van der Waals surface area (Å²) < 4.78 is 0. The van der Waals surface area contributed by atoms with Gasteiger partial charge in [-0.05, 0) is 12.1 Å². The lowest BCUT2D eigenvalue weighted by Crippen LogP contribution is -2.02. The van der Waals surface area contributed by atoms with Gasteiger partial charge in [0.2, 0.25) is 0 Å². The van der Waals surface area contributed by atoms with Gasteiger partial charge in [0.1, 0.15) is 0 Å². The van der Waals surface area contributed by atoms with Gasteiger partial charge in [-0.25, -0.2) is 0 Å². The Morgan fingerprint density at radius 1 is 0.900 bits per heavy atom. The molecule has 0 spiro atoms. The zero-order valence-corrected chi connectivity index (χ0v) is 11.2. The number of hydrogen-bond acceptors (Lipinski definition) is 5. The third-order valence-corrected chi connectivity index (χ3v) is 2.38. The summed E-state index contributed by atoms with van der Waals surface area (Å²) in [5, 5.41) is 10.5. The Morgan fingerprint density at radius 3 is 1.80 bits per heavy atom. The van der Waals surface area contributed by atoms with Crippen LogP contribution in [0, 0.1) is 10.1 Å². The Bertz CT molecular complexity index is 559. The van der Waals surface area contributed by atoms with Crippen molar-refractivity contribution >= 4 is 23.9 Å². The van der Waals surface area contributed by atoms with Gasteiger partial charge in [0.15, 0.2) is 5.78 Å². The largest absolute Gasteiger partial charge is 0.289 e. The van der Waals surface area contributed by atoms with Gasteiger partial charge in [0.05, 0.1) is 4.92 Å². The molecule has 7 heteroatoms. The van der Waals surface area contributed by atoms with Crippen molar-refractivity contribution in [2.75, 3.05) is 0 Å². The fraction of sp³-hybridized carbons (Fsp3) is 0. The van der Waals surface area contributed by atoms with Gasteiger partial charge in [0, 0.05) is 23.3 Å². The Hall–Kier alpha value is -2.28. The van der Waals surface area contributed by atoms with E-state index < -0.39 is 4.92 Å². The number of nitrogens with two attached hydrogens (primary N) is 2. The van der Waals surface area contributed by atoms with Crippen molar-refractivity contribution in [3.05, 3.63) is 75.8 Å². The van der Waals surface area contributed by atoms with Crippen LogP contribution in [-0.4, -0.2) is 10.7 Å². The van der Waals surface area contributed by atoms with Crippen LogP contribution >= 0.6 is 12.4 Å². The van der Waals surface area contributed by atoms with Crippen LogP contribution in [0.2, 0.25) is 0 Å². The Kier molecular flexibility index (Phi) is 7.76. The SMILES string of the molecule is Cl.NN.O=C(c1ccccc1)c1ccc([N+](=O)[O-])cc1.